The van der Waals surface area contributed by atoms with Crippen molar-refractivity contribution in [3.63, 3.8) is 0 Å². The maximum atomic E-state index is 5.58. The molecule has 0 aliphatic carbocycles. The normalized spacial score (nSPS) is 10.3. The van der Waals surface area contributed by atoms with E-state index in [1.54, 1.807) is 7.11 Å². The van der Waals surface area contributed by atoms with E-state index in [2.05, 4.69) is 15.5 Å². The van der Waals surface area contributed by atoms with Gasteiger partial charge in [0.05, 0.1) is 13.7 Å². The lowest BCUT2D eigenvalue weighted by atomic mass is 10.2. The van der Waals surface area contributed by atoms with Gasteiger partial charge >= 0.3 is 0 Å². The minimum absolute atomic E-state index is 0.478. The summed E-state index contributed by atoms with van der Waals surface area (Å²) in [6, 6.07) is 7.81. The van der Waals surface area contributed by atoms with E-state index in [4.69, 9.17) is 9.47 Å². The minimum atomic E-state index is 0.478. The second-order valence-corrected chi connectivity index (χ2v) is 4.65. The Morgan fingerprint density at radius 1 is 1.17 bits per heavy atom. The molecule has 0 saturated carbocycles. The number of hydrogen-bond acceptors (Lipinski definition) is 6. The predicted molar refractivity (Wildman–Crippen MR) is 70.9 cm³/mol. The second kappa shape index (κ2) is 6.32. The van der Waals surface area contributed by atoms with Gasteiger partial charge in [-0.3, -0.25) is 0 Å². The van der Waals surface area contributed by atoms with Crippen LogP contribution in [-0.2, 0) is 18.0 Å². The molecule has 0 unspecified atom stereocenters. The van der Waals surface area contributed by atoms with Crippen LogP contribution in [0.25, 0.3) is 0 Å². The van der Waals surface area contributed by atoms with Crippen LogP contribution in [0.5, 0.6) is 5.75 Å². The highest BCUT2D eigenvalue weighted by atomic mass is 32.1. The zero-order valence-corrected chi connectivity index (χ0v) is 11.2. The molecule has 0 radical (unpaired) electrons. The first kappa shape index (κ1) is 12.8. The van der Waals surface area contributed by atoms with Gasteiger partial charge in [-0.15, -0.1) is 10.2 Å². The second-order valence-electron chi connectivity index (χ2n) is 3.59. The molecule has 2 aromatic rings. The lowest BCUT2D eigenvalue weighted by molar-refractivity contribution is 0.106. The van der Waals surface area contributed by atoms with E-state index < -0.39 is 0 Å². The summed E-state index contributed by atoms with van der Waals surface area (Å²) in [4.78, 5) is 0. The van der Waals surface area contributed by atoms with Crippen molar-refractivity contribution in [2.24, 2.45) is 0 Å². The van der Waals surface area contributed by atoms with Crippen molar-refractivity contribution in [1.82, 2.24) is 10.2 Å². The Morgan fingerprint density at radius 2 is 1.94 bits per heavy atom. The Balaban J connectivity index is 1.80. The summed E-state index contributed by atoms with van der Waals surface area (Å²) in [7, 11) is 3.48. The Kier molecular flexibility index (Phi) is 4.49. The fraction of sp³-hybridized carbons (Fsp3) is 0.333. The fourth-order valence-corrected chi connectivity index (χ4v) is 2.02. The number of anilines is 1. The van der Waals surface area contributed by atoms with Crippen LogP contribution in [0.2, 0.25) is 0 Å². The van der Waals surface area contributed by atoms with E-state index in [-0.39, 0.29) is 0 Å². The van der Waals surface area contributed by atoms with Crippen LogP contribution in [0.4, 0.5) is 5.13 Å². The van der Waals surface area contributed by atoms with E-state index in [9.17, 15) is 0 Å². The third-order valence-corrected chi connectivity index (χ3v) is 3.25. The smallest absolute Gasteiger partial charge is 0.205 e. The van der Waals surface area contributed by atoms with Crippen LogP contribution < -0.4 is 10.1 Å². The van der Waals surface area contributed by atoms with Crippen molar-refractivity contribution in [1.29, 1.82) is 0 Å². The molecule has 18 heavy (non-hydrogen) atoms. The van der Waals surface area contributed by atoms with E-state index in [1.807, 2.05) is 31.3 Å². The number of nitrogens with zero attached hydrogens (tertiary/aromatic N) is 2. The summed E-state index contributed by atoms with van der Waals surface area (Å²) in [5.41, 5.74) is 1.11. The Labute approximate surface area is 110 Å². The van der Waals surface area contributed by atoms with E-state index in [0.717, 1.165) is 21.5 Å². The molecular weight excluding hydrogens is 250 g/mol. The molecule has 0 amide bonds. The molecule has 1 heterocycles. The Hall–Kier alpha value is -1.66. The summed E-state index contributed by atoms with van der Waals surface area (Å²) in [6.45, 7) is 1.03. The van der Waals surface area contributed by atoms with Gasteiger partial charge in [0.15, 0.2) is 0 Å². The maximum absolute atomic E-state index is 5.58. The first-order chi connectivity index (χ1) is 8.81. The standard InChI is InChI=1S/C12H15N3O2S/c1-13-12-15-14-11(18-12)8-17-7-9-3-5-10(16-2)6-4-9/h3-6H,7-8H2,1-2H3,(H,13,15). The molecule has 0 spiro atoms. The Bertz CT molecular complexity index is 484. The molecule has 1 aromatic heterocycles. The minimum Gasteiger partial charge on any atom is -0.497 e. The average Bonchev–Trinajstić information content (AvgIpc) is 2.87. The van der Waals surface area contributed by atoms with Gasteiger partial charge in [0.1, 0.15) is 17.4 Å². The van der Waals surface area contributed by atoms with Crippen LogP contribution >= 0.6 is 11.3 Å². The number of benzene rings is 1. The third-order valence-electron chi connectivity index (χ3n) is 2.33. The number of nitrogens with one attached hydrogen (secondary N) is 1. The molecule has 0 atom stereocenters. The van der Waals surface area contributed by atoms with Gasteiger partial charge in [0.25, 0.3) is 0 Å². The molecule has 0 bridgehead atoms. The van der Waals surface area contributed by atoms with Gasteiger partial charge in [0, 0.05) is 7.05 Å². The summed E-state index contributed by atoms with van der Waals surface area (Å²) >= 11 is 1.50. The number of ether oxygens (including phenoxy) is 2. The molecule has 0 fully saturated rings. The van der Waals surface area contributed by atoms with Crippen molar-refractivity contribution in [3.8, 4) is 5.75 Å². The van der Waals surface area contributed by atoms with Crippen molar-refractivity contribution < 1.29 is 9.47 Å². The summed E-state index contributed by atoms with van der Waals surface area (Å²) < 4.78 is 10.7. The van der Waals surface area contributed by atoms with Crippen LogP contribution in [-0.4, -0.2) is 24.4 Å². The molecule has 96 valence electrons. The van der Waals surface area contributed by atoms with Crippen LogP contribution in [0, 0.1) is 0 Å². The zero-order chi connectivity index (χ0) is 12.8. The summed E-state index contributed by atoms with van der Waals surface area (Å²) in [5, 5.41) is 12.6. The number of rotatable bonds is 6. The first-order valence-electron chi connectivity index (χ1n) is 5.52. The molecule has 6 heteroatoms. The molecule has 0 aliphatic rings. The molecule has 2 rings (SSSR count). The molecule has 0 saturated heterocycles. The van der Waals surface area contributed by atoms with Crippen molar-refractivity contribution in [2.45, 2.75) is 13.2 Å². The maximum Gasteiger partial charge on any atom is 0.205 e. The molecule has 1 aromatic carbocycles. The highest BCUT2D eigenvalue weighted by molar-refractivity contribution is 7.15. The summed E-state index contributed by atoms with van der Waals surface area (Å²) in [6.07, 6.45) is 0. The van der Waals surface area contributed by atoms with Crippen molar-refractivity contribution in [2.75, 3.05) is 19.5 Å². The van der Waals surface area contributed by atoms with Crippen LogP contribution in [0.15, 0.2) is 24.3 Å². The third kappa shape index (κ3) is 3.41. The highest BCUT2D eigenvalue weighted by Gasteiger charge is 2.02. The topological polar surface area (TPSA) is 56.3 Å². The monoisotopic (exact) mass is 265 g/mol. The van der Waals surface area contributed by atoms with Crippen molar-refractivity contribution >= 4 is 16.5 Å². The van der Waals surface area contributed by atoms with Gasteiger partial charge in [0.2, 0.25) is 5.13 Å². The molecule has 1 N–H and O–H groups in total. The first-order valence-corrected chi connectivity index (χ1v) is 6.34. The Morgan fingerprint density at radius 3 is 2.56 bits per heavy atom. The van der Waals surface area contributed by atoms with Gasteiger partial charge in [-0.2, -0.15) is 0 Å². The molecule has 0 aliphatic heterocycles. The van der Waals surface area contributed by atoms with Gasteiger partial charge in [-0.25, -0.2) is 0 Å². The fourth-order valence-electron chi connectivity index (χ4n) is 1.39. The van der Waals surface area contributed by atoms with E-state index in [0.29, 0.717) is 13.2 Å². The van der Waals surface area contributed by atoms with Crippen LogP contribution in [0.1, 0.15) is 10.6 Å². The SMILES string of the molecule is CNc1nnc(COCc2ccc(OC)cc2)s1. The lowest BCUT2D eigenvalue weighted by Crippen LogP contribution is -1.94. The van der Waals surface area contributed by atoms with Gasteiger partial charge in [-0.1, -0.05) is 23.5 Å². The highest BCUT2D eigenvalue weighted by Crippen LogP contribution is 2.16. The van der Waals surface area contributed by atoms with Gasteiger partial charge in [-0.05, 0) is 17.7 Å². The zero-order valence-electron chi connectivity index (χ0n) is 10.3. The quantitative estimate of drug-likeness (QED) is 0.868. The number of methoxy groups -OCH3 is 1. The number of aromatic nitrogens is 2. The molecular formula is C12H15N3O2S. The van der Waals surface area contributed by atoms with Crippen molar-refractivity contribution in [3.05, 3.63) is 34.8 Å². The average molecular weight is 265 g/mol. The van der Waals surface area contributed by atoms with Gasteiger partial charge < -0.3 is 14.8 Å². The molecule has 5 nitrogen and oxygen atoms in total. The summed E-state index contributed by atoms with van der Waals surface area (Å²) in [5.74, 6) is 0.849. The predicted octanol–water partition coefficient (Wildman–Crippen LogP) is 2.31. The van der Waals surface area contributed by atoms with E-state index >= 15 is 0 Å². The largest absolute Gasteiger partial charge is 0.497 e. The number of hydrogen-bond donors (Lipinski definition) is 1. The van der Waals surface area contributed by atoms with Crippen LogP contribution in [0.3, 0.4) is 0 Å². The van der Waals surface area contributed by atoms with E-state index in [1.165, 1.54) is 11.3 Å². The lowest BCUT2D eigenvalue weighted by Gasteiger charge is -2.03.